The second kappa shape index (κ2) is 10.7. The maximum atomic E-state index is 11.4. The topological polar surface area (TPSA) is 54.9 Å². The highest BCUT2D eigenvalue weighted by Crippen LogP contribution is 2.33. The Kier molecular flexibility index (Phi) is 7.73. The van der Waals surface area contributed by atoms with Crippen molar-refractivity contribution in [3.63, 3.8) is 0 Å². The monoisotopic (exact) mass is 393 g/mol. The molecule has 28 heavy (non-hydrogen) atoms. The van der Waals surface area contributed by atoms with Gasteiger partial charge in [0.1, 0.15) is 6.29 Å². The Hall–Kier alpha value is -2.53. The molecule has 0 aliphatic heterocycles. The third kappa shape index (κ3) is 5.73. The summed E-state index contributed by atoms with van der Waals surface area (Å²) in [7, 11) is 1.86. The van der Waals surface area contributed by atoms with E-state index in [1.807, 2.05) is 24.7 Å². The van der Waals surface area contributed by atoms with E-state index in [2.05, 4.69) is 45.6 Å². The van der Waals surface area contributed by atoms with E-state index in [9.17, 15) is 4.79 Å². The van der Waals surface area contributed by atoms with Crippen molar-refractivity contribution in [2.45, 2.75) is 38.0 Å². The van der Waals surface area contributed by atoms with Gasteiger partial charge in [-0.1, -0.05) is 56.0 Å². The minimum atomic E-state index is 0.0519. The van der Waals surface area contributed by atoms with Crippen molar-refractivity contribution in [1.82, 2.24) is 9.97 Å². The van der Waals surface area contributed by atoms with Crippen LogP contribution in [0.5, 0.6) is 0 Å². The van der Waals surface area contributed by atoms with Gasteiger partial charge in [0.25, 0.3) is 0 Å². The van der Waals surface area contributed by atoms with Crippen LogP contribution >= 0.6 is 11.3 Å². The quantitative estimate of drug-likeness (QED) is 0.538. The molecule has 1 N–H and O–H groups in total. The van der Waals surface area contributed by atoms with Gasteiger partial charge in [0.05, 0.1) is 0 Å². The van der Waals surface area contributed by atoms with Gasteiger partial charge < -0.3 is 10.1 Å². The van der Waals surface area contributed by atoms with Gasteiger partial charge in [0.15, 0.2) is 5.13 Å². The SMILES string of the molecule is CNc1nccs1.O=CC(CC1CCCC1)c1ccc(-c2cccnc2)cc1. The molecule has 1 aliphatic carbocycles. The van der Waals surface area contributed by atoms with Gasteiger partial charge in [-0.15, -0.1) is 11.3 Å². The maximum absolute atomic E-state index is 11.4. The van der Waals surface area contributed by atoms with Crippen LogP contribution in [-0.2, 0) is 4.79 Å². The number of carbonyl (C=O) groups excluding carboxylic acids is 1. The first kappa shape index (κ1) is 20.2. The van der Waals surface area contributed by atoms with Crippen LogP contribution in [0.4, 0.5) is 5.13 Å². The van der Waals surface area contributed by atoms with E-state index in [-0.39, 0.29) is 5.92 Å². The second-order valence-electron chi connectivity index (χ2n) is 7.08. The Morgan fingerprint density at radius 3 is 2.46 bits per heavy atom. The summed E-state index contributed by atoms with van der Waals surface area (Å²) in [6.07, 6.45) is 12.8. The van der Waals surface area contributed by atoms with E-state index in [0.717, 1.165) is 40.4 Å². The lowest BCUT2D eigenvalue weighted by molar-refractivity contribution is -0.109. The third-order valence-electron chi connectivity index (χ3n) is 5.21. The molecule has 5 heteroatoms. The highest BCUT2D eigenvalue weighted by Gasteiger charge is 2.21. The molecule has 0 spiro atoms. The number of hydrogen-bond donors (Lipinski definition) is 1. The molecule has 0 radical (unpaired) electrons. The molecule has 4 rings (SSSR count). The van der Waals surface area contributed by atoms with Crippen LogP contribution in [0.15, 0.2) is 60.4 Å². The average molecular weight is 394 g/mol. The minimum absolute atomic E-state index is 0.0519. The molecule has 0 saturated heterocycles. The fourth-order valence-electron chi connectivity index (χ4n) is 3.68. The van der Waals surface area contributed by atoms with E-state index >= 15 is 0 Å². The molecule has 146 valence electrons. The zero-order valence-corrected chi connectivity index (χ0v) is 17.1. The number of hydrogen-bond acceptors (Lipinski definition) is 5. The highest BCUT2D eigenvalue weighted by molar-refractivity contribution is 7.13. The Labute approximate surface area is 171 Å². The van der Waals surface area contributed by atoms with Gasteiger partial charge in [-0.05, 0) is 35.1 Å². The number of rotatable bonds is 6. The minimum Gasteiger partial charge on any atom is -0.365 e. The van der Waals surface area contributed by atoms with Crippen molar-refractivity contribution in [3.05, 3.63) is 65.9 Å². The summed E-state index contributed by atoms with van der Waals surface area (Å²) in [5.74, 6) is 0.786. The van der Waals surface area contributed by atoms with Crippen LogP contribution in [-0.4, -0.2) is 23.3 Å². The highest BCUT2D eigenvalue weighted by atomic mass is 32.1. The van der Waals surface area contributed by atoms with Crippen LogP contribution in [0.25, 0.3) is 11.1 Å². The van der Waals surface area contributed by atoms with Crippen molar-refractivity contribution < 1.29 is 4.79 Å². The number of aromatic nitrogens is 2. The van der Waals surface area contributed by atoms with Crippen molar-refractivity contribution in [2.24, 2.45) is 5.92 Å². The first-order valence-electron chi connectivity index (χ1n) is 9.83. The predicted octanol–water partition coefficient (Wildman–Crippen LogP) is 5.80. The molecule has 1 fully saturated rings. The van der Waals surface area contributed by atoms with Crippen molar-refractivity contribution in [1.29, 1.82) is 0 Å². The molecule has 2 aromatic heterocycles. The van der Waals surface area contributed by atoms with E-state index < -0.39 is 0 Å². The lowest BCUT2D eigenvalue weighted by atomic mass is 9.88. The molecule has 1 atom stereocenters. The van der Waals surface area contributed by atoms with Gasteiger partial charge in [-0.2, -0.15) is 0 Å². The molecular weight excluding hydrogens is 366 g/mol. The van der Waals surface area contributed by atoms with Crippen LogP contribution < -0.4 is 5.32 Å². The number of nitrogens with zero attached hydrogens (tertiary/aromatic N) is 2. The maximum Gasteiger partial charge on any atom is 0.182 e. The van der Waals surface area contributed by atoms with Crippen LogP contribution in [0.3, 0.4) is 0 Å². The lowest BCUT2D eigenvalue weighted by Crippen LogP contribution is -2.06. The first-order chi connectivity index (χ1) is 13.8. The number of carbonyl (C=O) groups is 1. The van der Waals surface area contributed by atoms with Crippen molar-refractivity contribution in [3.8, 4) is 11.1 Å². The smallest absolute Gasteiger partial charge is 0.182 e. The zero-order chi connectivity index (χ0) is 19.6. The Balaban J connectivity index is 0.000000271. The number of thiazole rings is 1. The number of benzene rings is 1. The molecule has 4 nitrogen and oxygen atoms in total. The molecule has 0 amide bonds. The Morgan fingerprint density at radius 2 is 1.93 bits per heavy atom. The number of anilines is 1. The van der Waals surface area contributed by atoms with E-state index in [1.165, 1.54) is 25.7 Å². The summed E-state index contributed by atoms with van der Waals surface area (Å²) in [4.78, 5) is 19.5. The fourth-order valence-corrected chi connectivity index (χ4v) is 4.17. The molecule has 3 aromatic rings. The van der Waals surface area contributed by atoms with Crippen LogP contribution in [0, 0.1) is 5.92 Å². The zero-order valence-electron chi connectivity index (χ0n) is 16.3. The molecule has 1 aliphatic rings. The Morgan fingerprint density at radius 1 is 1.14 bits per heavy atom. The van der Waals surface area contributed by atoms with Crippen molar-refractivity contribution in [2.75, 3.05) is 12.4 Å². The summed E-state index contributed by atoms with van der Waals surface area (Å²) in [6, 6.07) is 12.4. The molecule has 0 bridgehead atoms. The normalized spacial score (nSPS) is 14.8. The largest absolute Gasteiger partial charge is 0.365 e. The van der Waals surface area contributed by atoms with Crippen LogP contribution in [0.2, 0.25) is 0 Å². The summed E-state index contributed by atoms with van der Waals surface area (Å²) < 4.78 is 0. The number of aldehydes is 1. The van der Waals surface area contributed by atoms with Gasteiger partial charge in [-0.3, -0.25) is 4.98 Å². The molecule has 1 saturated carbocycles. The molecule has 1 aromatic carbocycles. The fraction of sp³-hybridized carbons (Fsp3) is 0.348. The average Bonchev–Trinajstić information content (AvgIpc) is 3.47. The van der Waals surface area contributed by atoms with E-state index in [4.69, 9.17) is 0 Å². The molecular formula is C23H27N3OS. The van der Waals surface area contributed by atoms with Gasteiger partial charge in [0.2, 0.25) is 0 Å². The number of nitrogens with one attached hydrogen (secondary N) is 1. The summed E-state index contributed by atoms with van der Waals surface area (Å²) in [5, 5.41) is 5.82. The second-order valence-corrected chi connectivity index (χ2v) is 7.97. The van der Waals surface area contributed by atoms with Crippen LogP contribution in [0.1, 0.15) is 43.6 Å². The van der Waals surface area contributed by atoms with E-state index in [1.54, 1.807) is 23.7 Å². The Bertz CT molecular complexity index is 813. The summed E-state index contributed by atoms with van der Waals surface area (Å²) in [5.41, 5.74) is 3.41. The standard InChI is InChI=1S/C19H21NO.C4H6N2S/c21-14-19(12-15-4-1-2-5-15)17-9-7-16(8-10-17)18-6-3-11-20-13-18;1-5-4-6-2-3-7-4/h3,6-11,13-15,19H,1-2,4-5,12H2;2-3H,1H3,(H,5,6). The molecule has 2 heterocycles. The van der Waals surface area contributed by atoms with Crippen molar-refractivity contribution >= 4 is 22.8 Å². The predicted molar refractivity (Wildman–Crippen MR) is 117 cm³/mol. The van der Waals surface area contributed by atoms with Gasteiger partial charge in [-0.25, -0.2) is 4.98 Å². The lowest BCUT2D eigenvalue weighted by Gasteiger charge is -2.16. The van der Waals surface area contributed by atoms with E-state index in [0.29, 0.717) is 0 Å². The molecule has 1 unspecified atom stereocenters. The van der Waals surface area contributed by atoms with Gasteiger partial charge >= 0.3 is 0 Å². The number of pyridine rings is 1. The van der Waals surface area contributed by atoms with Gasteiger partial charge in [0, 0.05) is 36.9 Å². The first-order valence-corrected chi connectivity index (χ1v) is 10.7. The summed E-state index contributed by atoms with van der Waals surface area (Å²) in [6.45, 7) is 0. The third-order valence-corrected chi connectivity index (χ3v) is 6.00. The summed E-state index contributed by atoms with van der Waals surface area (Å²) >= 11 is 1.60.